The minimum atomic E-state index is 0.111. The van der Waals surface area contributed by atoms with Gasteiger partial charge in [0, 0.05) is 12.6 Å². The van der Waals surface area contributed by atoms with Crippen LogP contribution >= 0.6 is 15.9 Å². The van der Waals surface area contributed by atoms with Gasteiger partial charge in [0.15, 0.2) is 0 Å². The summed E-state index contributed by atoms with van der Waals surface area (Å²) in [6.07, 6.45) is 6.59. The lowest BCUT2D eigenvalue weighted by molar-refractivity contribution is -0.133. The molecular weight excluding hydrogens is 266 g/mol. The Kier molecular flexibility index (Phi) is 2.01. The van der Waals surface area contributed by atoms with Gasteiger partial charge in [0.05, 0.1) is 4.83 Å². The quantitative estimate of drug-likeness (QED) is 0.677. The van der Waals surface area contributed by atoms with Crippen molar-refractivity contribution in [2.45, 2.75) is 43.0 Å². The monoisotopic (exact) mass is 283 g/mol. The lowest BCUT2D eigenvalue weighted by atomic mass is 10.0. The number of hydrogen-bond donors (Lipinski definition) is 0. The normalized spacial score (nSPS) is 54.3. The number of alkyl halides is 1. The van der Waals surface area contributed by atoms with Crippen LogP contribution in [0, 0.1) is 23.7 Å². The van der Waals surface area contributed by atoms with Crippen LogP contribution in [0.3, 0.4) is 0 Å². The predicted octanol–water partition coefficient (Wildman–Crippen LogP) is 2.42. The summed E-state index contributed by atoms with van der Waals surface area (Å²) >= 11 is 3.52. The van der Waals surface area contributed by atoms with E-state index in [-0.39, 0.29) is 4.83 Å². The first kappa shape index (κ1) is 9.93. The van der Waals surface area contributed by atoms with Crippen LogP contribution in [-0.4, -0.2) is 28.2 Å². The maximum absolute atomic E-state index is 12.2. The lowest BCUT2D eigenvalue weighted by Crippen LogP contribution is -2.44. The molecule has 1 heterocycles. The third kappa shape index (κ3) is 1.16. The lowest BCUT2D eigenvalue weighted by Gasteiger charge is -2.32. The highest BCUT2D eigenvalue weighted by Crippen LogP contribution is 2.67. The maximum Gasteiger partial charge on any atom is 0.236 e. The summed E-state index contributed by atoms with van der Waals surface area (Å²) in [4.78, 5) is 14.5. The summed E-state index contributed by atoms with van der Waals surface area (Å²) in [5.41, 5.74) is 0. The smallest absolute Gasteiger partial charge is 0.236 e. The van der Waals surface area contributed by atoms with Gasteiger partial charge in [-0.15, -0.1) is 0 Å². The minimum Gasteiger partial charge on any atom is -0.338 e. The van der Waals surface area contributed by atoms with Gasteiger partial charge in [-0.1, -0.05) is 15.9 Å². The van der Waals surface area contributed by atoms with Gasteiger partial charge in [0.1, 0.15) is 0 Å². The van der Waals surface area contributed by atoms with Crippen molar-refractivity contribution in [3.8, 4) is 0 Å². The molecule has 0 radical (unpaired) electrons. The number of carbonyl (C=O) groups excluding carboxylic acids is 1. The van der Waals surface area contributed by atoms with E-state index in [1.807, 2.05) is 0 Å². The predicted molar refractivity (Wildman–Crippen MR) is 65.3 cm³/mol. The van der Waals surface area contributed by atoms with E-state index in [4.69, 9.17) is 0 Å². The molecule has 0 aromatic carbocycles. The second-order valence-electron chi connectivity index (χ2n) is 6.12. The number of fused-ring (bicyclic) bond motifs is 5. The molecular formula is C13H18BrNO. The molecule has 2 bridgehead atoms. The Labute approximate surface area is 105 Å². The number of likely N-dealkylation sites (tertiary alicyclic amines) is 1. The molecule has 5 atom stereocenters. The minimum absolute atomic E-state index is 0.111. The van der Waals surface area contributed by atoms with Crippen molar-refractivity contribution in [2.24, 2.45) is 23.7 Å². The largest absolute Gasteiger partial charge is 0.338 e. The van der Waals surface area contributed by atoms with E-state index < -0.39 is 0 Å². The molecule has 1 saturated heterocycles. The fraction of sp³-hybridized carbons (Fsp3) is 0.923. The number of rotatable bonds is 1. The maximum atomic E-state index is 12.2. The Morgan fingerprint density at radius 2 is 1.81 bits per heavy atom. The molecule has 0 N–H and O–H groups in total. The van der Waals surface area contributed by atoms with Gasteiger partial charge >= 0.3 is 0 Å². The van der Waals surface area contributed by atoms with Crippen molar-refractivity contribution in [3.05, 3.63) is 0 Å². The van der Waals surface area contributed by atoms with E-state index in [9.17, 15) is 4.79 Å². The highest BCUT2D eigenvalue weighted by Gasteiger charge is 2.67. The second-order valence-corrected chi connectivity index (χ2v) is 7.23. The number of nitrogens with zero attached hydrogens (tertiary/aromatic N) is 1. The number of halogens is 1. The van der Waals surface area contributed by atoms with Crippen molar-refractivity contribution in [1.82, 2.24) is 4.90 Å². The van der Waals surface area contributed by atoms with Crippen LogP contribution in [0.1, 0.15) is 32.1 Å². The molecule has 3 heteroatoms. The van der Waals surface area contributed by atoms with Gasteiger partial charge in [0.25, 0.3) is 0 Å². The van der Waals surface area contributed by atoms with Crippen LogP contribution in [0.5, 0.6) is 0 Å². The summed E-state index contributed by atoms with van der Waals surface area (Å²) in [5.74, 6) is 4.14. The molecule has 1 amide bonds. The molecule has 0 spiro atoms. The summed E-state index contributed by atoms with van der Waals surface area (Å²) in [6.45, 7) is 1.03. The van der Waals surface area contributed by atoms with Crippen LogP contribution in [0.15, 0.2) is 0 Å². The van der Waals surface area contributed by atoms with Gasteiger partial charge in [0.2, 0.25) is 5.91 Å². The fourth-order valence-corrected chi connectivity index (χ4v) is 5.43. The van der Waals surface area contributed by atoms with Crippen molar-refractivity contribution in [1.29, 1.82) is 0 Å². The zero-order valence-electron chi connectivity index (χ0n) is 9.44. The summed E-state index contributed by atoms with van der Waals surface area (Å²) in [6, 6.07) is 0.652. The van der Waals surface area contributed by atoms with Crippen LogP contribution < -0.4 is 0 Å². The molecule has 5 unspecified atom stereocenters. The Morgan fingerprint density at radius 1 is 1.12 bits per heavy atom. The molecule has 4 fully saturated rings. The first-order chi connectivity index (χ1) is 7.77. The van der Waals surface area contributed by atoms with Gasteiger partial charge in [-0.2, -0.15) is 0 Å². The standard InChI is InChI=1S/C13H18BrNO/c14-9-2-1-5-15(13(9)16)12-10-7-3-4-8(6-7)11(10)12/h7-12H,1-6H2. The molecule has 3 aliphatic carbocycles. The molecule has 3 saturated carbocycles. The van der Waals surface area contributed by atoms with Crippen molar-refractivity contribution in [3.63, 3.8) is 0 Å². The molecule has 2 nitrogen and oxygen atoms in total. The molecule has 4 aliphatic rings. The van der Waals surface area contributed by atoms with Gasteiger partial charge in [-0.05, 0) is 55.8 Å². The Morgan fingerprint density at radius 3 is 2.50 bits per heavy atom. The number of piperidine rings is 1. The van der Waals surface area contributed by atoms with Crippen LogP contribution in [0.4, 0.5) is 0 Å². The molecule has 0 aromatic rings. The highest BCUT2D eigenvalue weighted by molar-refractivity contribution is 9.10. The molecule has 88 valence electrons. The van der Waals surface area contributed by atoms with E-state index in [1.165, 1.54) is 25.7 Å². The average Bonchev–Trinajstić information content (AvgIpc) is 2.71. The van der Waals surface area contributed by atoms with E-state index >= 15 is 0 Å². The van der Waals surface area contributed by atoms with E-state index in [1.54, 1.807) is 0 Å². The average molecular weight is 284 g/mol. The van der Waals surface area contributed by atoms with E-state index in [0.717, 1.165) is 36.6 Å². The van der Waals surface area contributed by atoms with Gasteiger partial charge in [-0.25, -0.2) is 0 Å². The third-order valence-electron chi connectivity index (χ3n) is 5.46. The summed E-state index contributed by atoms with van der Waals surface area (Å²) < 4.78 is 0. The summed E-state index contributed by atoms with van der Waals surface area (Å²) in [5, 5.41) is 0. The fourth-order valence-electron chi connectivity index (χ4n) is 4.85. The first-order valence-corrected chi connectivity index (χ1v) is 7.63. The zero-order chi connectivity index (χ0) is 10.9. The third-order valence-corrected chi connectivity index (χ3v) is 6.31. The number of carbonyl (C=O) groups is 1. The molecule has 4 rings (SSSR count). The Hall–Kier alpha value is -0.0500. The Bertz CT molecular complexity index is 329. The molecule has 1 aliphatic heterocycles. The first-order valence-electron chi connectivity index (χ1n) is 6.72. The Balaban J connectivity index is 1.54. The van der Waals surface area contributed by atoms with Crippen molar-refractivity contribution in [2.75, 3.05) is 6.54 Å². The van der Waals surface area contributed by atoms with E-state index in [0.29, 0.717) is 11.9 Å². The topological polar surface area (TPSA) is 20.3 Å². The zero-order valence-corrected chi connectivity index (χ0v) is 11.0. The number of hydrogen-bond acceptors (Lipinski definition) is 1. The van der Waals surface area contributed by atoms with Crippen LogP contribution in [0.2, 0.25) is 0 Å². The van der Waals surface area contributed by atoms with Crippen LogP contribution in [0.25, 0.3) is 0 Å². The van der Waals surface area contributed by atoms with E-state index in [2.05, 4.69) is 20.8 Å². The van der Waals surface area contributed by atoms with Gasteiger partial charge in [-0.3, -0.25) is 4.79 Å². The van der Waals surface area contributed by atoms with Gasteiger partial charge < -0.3 is 4.90 Å². The second kappa shape index (κ2) is 3.24. The van der Waals surface area contributed by atoms with Crippen molar-refractivity contribution >= 4 is 21.8 Å². The number of amides is 1. The molecule has 0 aromatic heterocycles. The SMILES string of the molecule is O=C1C(Br)CCCN1C1C2C3CCC(C3)C21. The van der Waals surface area contributed by atoms with Crippen molar-refractivity contribution < 1.29 is 4.79 Å². The van der Waals surface area contributed by atoms with Crippen LogP contribution in [-0.2, 0) is 4.79 Å². The molecule has 16 heavy (non-hydrogen) atoms. The summed E-state index contributed by atoms with van der Waals surface area (Å²) in [7, 11) is 0. The highest BCUT2D eigenvalue weighted by atomic mass is 79.9.